The first-order valence-electron chi connectivity index (χ1n) is 6.55. The van der Waals surface area contributed by atoms with Crippen molar-refractivity contribution in [2.45, 2.75) is 24.2 Å². The van der Waals surface area contributed by atoms with Gasteiger partial charge in [0.15, 0.2) is 0 Å². The minimum Gasteiger partial charge on any atom is -0.278 e. The zero-order valence-corrected chi connectivity index (χ0v) is 14.2. The molecule has 0 bridgehead atoms. The Morgan fingerprint density at radius 3 is 2.57 bits per heavy atom. The molecule has 0 radical (unpaired) electrons. The summed E-state index contributed by atoms with van der Waals surface area (Å²) in [5, 5.41) is 0.544. The van der Waals surface area contributed by atoms with Crippen molar-refractivity contribution >= 4 is 43.2 Å². The van der Waals surface area contributed by atoms with E-state index < -0.39 is 10.0 Å². The predicted molar refractivity (Wildman–Crippen MR) is 88.4 cm³/mol. The fourth-order valence-corrected chi connectivity index (χ4v) is 4.53. The molecule has 1 N–H and O–H groups in total. The normalized spacial score (nSPS) is 14.0. The van der Waals surface area contributed by atoms with E-state index in [4.69, 9.17) is 11.6 Å². The Labute approximate surface area is 137 Å². The van der Waals surface area contributed by atoms with E-state index >= 15 is 0 Å². The molecule has 3 nitrogen and oxygen atoms in total. The van der Waals surface area contributed by atoms with Gasteiger partial charge in [0.25, 0.3) is 10.0 Å². The Bertz CT molecular complexity index is 805. The fraction of sp³-hybridized carbons (Fsp3) is 0.200. The van der Waals surface area contributed by atoms with E-state index in [1.807, 2.05) is 6.07 Å². The molecule has 0 unspecified atom stereocenters. The molecule has 0 saturated heterocycles. The summed E-state index contributed by atoms with van der Waals surface area (Å²) in [6.45, 7) is 0. The molecule has 0 aliphatic heterocycles. The molecule has 0 fully saturated rings. The third-order valence-electron chi connectivity index (χ3n) is 3.56. The van der Waals surface area contributed by atoms with E-state index in [2.05, 4.69) is 20.7 Å². The van der Waals surface area contributed by atoms with Gasteiger partial charge in [0.05, 0.1) is 10.6 Å². The number of nitrogens with one attached hydrogen (secondary N) is 1. The summed E-state index contributed by atoms with van der Waals surface area (Å²) in [4.78, 5) is 0.296. The Hall–Kier alpha value is -1.04. The van der Waals surface area contributed by atoms with Crippen molar-refractivity contribution in [1.29, 1.82) is 0 Å². The highest BCUT2D eigenvalue weighted by molar-refractivity contribution is 9.10. The van der Waals surface area contributed by atoms with Crippen LogP contribution in [0.15, 0.2) is 45.8 Å². The molecule has 0 spiro atoms. The number of halogens is 2. The number of aryl methyl sites for hydroxylation is 2. The Morgan fingerprint density at radius 2 is 1.81 bits per heavy atom. The highest BCUT2D eigenvalue weighted by Crippen LogP contribution is 2.29. The van der Waals surface area contributed by atoms with Gasteiger partial charge >= 0.3 is 0 Å². The van der Waals surface area contributed by atoms with Crippen LogP contribution >= 0.6 is 27.5 Å². The molecule has 2 aromatic rings. The first-order valence-corrected chi connectivity index (χ1v) is 9.21. The van der Waals surface area contributed by atoms with Gasteiger partial charge in [-0.2, -0.15) is 0 Å². The molecule has 0 atom stereocenters. The number of hydrogen-bond acceptors (Lipinski definition) is 2. The van der Waals surface area contributed by atoms with Crippen LogP contribution in [-0.4, -0.2) is 8.42 Å². The van der Waals surface area contributed by atoms with Gasteiger partial charge in [0.1, 0.15) is 0 Å². The maximum atomic E-state index is 12.5. The predicted octanol–water partition coefficient (Wildman–Crippen LogP) is 4.39. The summed E-state index contributed by atoms with van der Waals surface area (Å²) in [5.41, 5.74) is 2.86. The summed E-state index contributed by atoms with van der Waals surface area (Å²) < 4.78 is 28.1. The Balaban J connectivity index is 1.93. The molecule has 1 aliphatic carbocycles. The minimum atomic E-state index is -3.59. The topological polar surface area (TPSA) is 46.2 Å². The smallest absolute Gasteiger partial charge is 0.261 e. The fourth-order valence-electron chi connectivity index (χ4n) is 2.49. The number of fused-ring (bicyclic) bond motifs is 1. The molecule has 0 aromatic heterocycles. The molecular weight excluding hydrogens is 374 g/mol. The summed E-state index contributed by atoms with van der Waals surface area (Å²) in [5.74, 6) is 0. The molecule has 2 aromatic carbocycles. The molecule has 6 heteroatoms. The van der Waals surface area contributed by atoms with Crippen molar-refractivity contribution in [3.8, 4) is 0 Å². The second-order valence-electron chi connectivity index (χ2n) is 5.01. The number of anilines is 1. The van der Waals surface area contributed by atoms with Crippen molar-refractivity contribution in [2.75, 3.05) is 4.72 Å². The largest absolute Gasteiger partial charge is 0.278 e. The van der Waals surface area contributed by atoms with Crippen LogP contribution in [0.3, 0.4) is 0 Å². The lowest BCUT2D eigenvalue weighted by atomic mass is 10.1. The van der Waals surface area contributed by atoms with Gasteiger partial charge in [-0.15, -0.1) is 0 Å². The second-order valence-corrected chi connectivity index (χ2v) is 7.99. The average Bonchev–Trinajstić information content (AvgIpc) is 2.89. The van der Waals surface area contributed by atoms with Crippen molar-refractivity contribution in [3.05, 3.63) is 57.0 Å². The van der Waals surface area contributed by atoms with Crippen LogP contribution in [0.1, 0.15) is 17.5 Å². The zero-order valence-electron chi connectivity index (χ0n) is 11.1. The minimum absolute atomic E-state index is 0.296. The van der Waals surface area contributed by atoms with Crippen molar-refractivity contribution in [1.82, 2.24) is 0 Å². The lowest BCUT2D eigenvalue weighted by Gasteiger charge is -2.11. The number of hydrogen-bond donors (Lipinski definition) is 1. The second kappa shape index (κ2) is 5.63. The third-order valence-corrected chi connectivity index (χ3v) is 5.81. The SMILES string of the molecule is O=S(=O)(Nc1ccc(Cl)cc1Br)c1ccc2c(c1)CCC2. The maximum absolute atomic E-state index is 12.5. The van der Waals surface area contributed by atoms with Crippen LogP contribution in [0.4, 0.5) is 5.69 Å². The Morgan fingerprint density at radius 1 is 1.05 bits per heavy atom. The quantitative estimate of drug-likeness (QED) is 0.850. The lowest BCUT2D eigenvalue weighted by molar-refractivity contribution is 0.601. The van der Waals surface area contributed by atoms with Crippen LogP contribution in [0.25, 0.3) is 0 Å². The summed E-state index contributed by atoms with van der Waals surface area (Å²) >= 11 is 9.17. The van der Waals surface area contributed by atoms with E-state index in [-0.39, 0.29) is 0 Å². The third kappa shape index (κ3) is 3.10. The zero-order chi connectivity index (χ0) is 15.0. The van der Waals surface area contributed by atoms with Crippen LogP contribution in [-0.2, 0) is 22.9 Å². The van der Waals surface area contributed by atoms with E-state index in [0.29, 0.717) is 20.1 Å². The van der Waals surface area contributed by atoms with E-state index in [0.717, 1.165) is 24.8 Å². The number of sulfonamides is 1. The van der Waals surface area contributed by atoms with E-state index in [9.17, 15) is 8.42 Å². The standard InChI is InChI=1S/C15H13BrClNO2S/c16-14-9-12(17)5-7-15(14)18-21(19,20)13-6-4-10-2-1-3-11(10)8-13/h4-9,18H,1-3H2. The maximum Gasteiger partial charge on any atom is 0.261 e. The van der Waals surface area contributed by atoms with Crippen LogP contribution < -0.4 is 4.72 Å². The molecule has 1 aliphatic rings. The molecule has 110 valence electrons. The van der Waals surface area contributed by atoms with Crippen molar-refractivity contribution in [2.24, 2.45) is 0 Å². The first-order chi connectivity index (χ1) is 9.95. The molecular formula is C15H13BrClNO2S. The highest BCUT2D eigenvalue weighted by atomic mass is 79.9. The summed E-state index contributed by atoms with van der Waals surface area (Å²) in [6, 6.07) is 10.3. The van der Waals surface area contributed by atoms with Gasteiger partial charge < -0.3 is 0 Å². The number of rotatable bonds is 3. The molecule has 0 saturated carbocycles. The van der Waals surface area contributed by atoms with Gasteiger partial charge in [-0.3, -0.25) is 4.72 Å². The summed E-state index contributed by atoms with van der Waals surface area (Å²) in [6.07, 6.45) is 3.07. The molecule has 0 heterocycles. The van der Waals surface area contributed by atoms with Crippen LogP contribution in [0.2, 0.25) is 5.02 Å². The van der Waals surface area contributed by atoms with Crippen molar-refractivity contribution < 1.29 is 8.42 Å². The number of benzene rings is 2. The van der Waals surface area contributed by atoms with Crippen LogP contribution in [0, 0.1) is 0 Å². The molecule has 3 rings (SSSR count). The lowest BCUT2D eigenvalue weighted by Crippen LogP contribution is -2.13. The van der Waals surface area contributed by atoms with Gasteiger partial charge in [-0.1, -0.05) is 17.7 Å². The molecule has 0 amide bonds. The Kier molecular flexibility index (Phi) is 3.99. The van der Waals surface area contributed by atoms with Gasteiger partial charge in [-0.05, 0) is 76.7 Å². The van der Waals surface area contributed by atoms with Gasteiger partial charge in [0.2, 0.25) is 0 Å². The monoisotopic (exact) mass is 385 g/mol. The summed E-state index contributed by atoms with van der Waals surface area (Å²) in [7, 11) is -3.59. The average molecular weight is 387 g/mol. The van der Waals surface area contributed by atoms with Crippen LogP contribution in [0.5, 0.6) is 0 Å². The first kappa shape index (κ1) is 14.9. The van der Waals surface area contributed by atoms with Gasteiger partial charge in [-0.25, -0.2) is 8.42 Å². The van der Waals surface area contributed by atoms with E-state index in [1.165, 1.54) is 5.56 Å². The van der Waals surface area contributed by atoms with E-state index in [1.54, 1.807) is 30.3 Å². The highest BCUT2D eigenvalue weighted by Gasteiger charge is 2.19. The molecule has 21 heavy (non-hydrogen) atoms. The van der Waals surface area contributed by atoms with Gasteiger partial charge in [0, 0.05) is 9.50 Å². The van der Waals surface area contributed by atoms with Crippen molar-refractivity contribution in [3.63, 3.8) is 0 Å².